The third-order valence-corrected chi connectivity index (χ3v) is 6.98. The zero-order valence-corrected chi connectivity index (χ0v) is 18.8. The molecule has 0 atom stereocenters. The second kappa shape index (κ2) is 8.41. The number of nitrogens with one attached hydrogen (secondary N) is 1. The van der Waals surface area contributed by atoms with E-state index in [4.69, 9.17) is 26.1 Å². The van der Waals surface area contributed by atoms with Gasteiger partial charge in [0.2, 0.25) is 0 Å². The Morgan fingerprint density at radius 2 is 1.88 bits per heavy atom. The number of benzene rings is 2. The smallest absolute Gasteiger partial charge is 0.343 e. The van der Waals surface area contributed by atoms with Gasteiger partial charge in [-0.25, -0.2) is 9.78 Å². The summed E-state index contributed by atoms with van der Waals surface area (Å²) >= 11 is 7.48. The normalized spacial score (nSPS) is 13.1. The summed E-state index contributed by atoms with van der Waals surface area (Å²) in [5.41, 5.74) is 2.07. The van der Waals surface area contributed by atoms with E-state index in [0.717, 1.165) is 36.1 Å². The average Bonchev–Trinajstić information content (AvgIpc) is 3.18. The lowest BCUT2D eigenvalue weighted by Crippen LogP contribution is -2.11. The lowest BCUT2D eigenvalue weighted by atomic mass is 9.97. The number of aromatic amines is 1. The number of halogens is 1. The van der Waals surface area contributed by atoms with E-state index in [9.17, 15) is 9.59 Å². The molecule has 0 fully saturated rings. The highest BCUT2D eigenvalue weighted by atomic mass is 35.5. The van der Waals surface area contributed by atoms with Gasteiger partial charge in [-0.1, -0.05) is 11.6 Å². The topological polar surface area (TPSA) is 81.3 Å². The number of hydrogen-bond donors (Lipinski definition) is 1. The minimum absolute atomic E-state index is 0.124. The Balaban J connectivity index is 1.48. The van der Waals surface area contributed by atoms with Gasteiger partial charge in [-0.2, -0.15) is 0 Å². The van der Waals surface area contributed by atoms with Gasteiger partial charge in [0.1, 0.15) is 10.7 Å². The summed E-state index contributed by atoms with van der Waals surface area (Å²) in [6.07, 6.45) is 4.19. The first-order chi connectivity index (χ1) is 15.5. The van der Waals surface area contributed by atoms with Crippen molar-refractivity contribution in [2.45, 2.75) is 25.7 Å². The minimum atomic E-state index is -0.523. The van der Waals surface area contributed by atoms with E-state index in [1.54, 1.807) is 53.8 Å². The van der Waals surface area contributed by atoms with Crippen molar-refractivity contribution in [2.24, 2.45) is 0 Å². The fraction of sp³-hybridized carbons (Fsp3) is 0.208. The fourth-order valence-electron chi connectivity index (χ4n) is 3.94. The van der Waals surface area contributed by atoms with Crippen LogP contribution in [0.1, 0.15) is 33.6 Å². The zero-order chi connectivity index (χ0) is 22.2. The molecule has 0 saturated carbocycles. The molecular weight excluding hydrogens is 448 g/mol. The molecule has 32 heavy (non-hydrogen) atoms. The minimum Gasteiger partial charge on any atom is -0.493 e. The van der Waals surface area contributed by atoms with E-state index in [1.165, 1.54) is 12.0 Å². The highest BCUT2D eigenvalue weighted by Gasteiger charge is 2.21. The molecule has 0 unspecified atom stereocenters. The first-order valence-electron chi connectivity index (χ1n) is 10.2. The van der Waals surface area contributed by atoms with Gasteiger partial charge in [0.15, 0.2) is 11.5 Å². The second-order valence-electron chi connectivity index (χ2n) is 7.57. The van der Waals surface area contributed by atoms with Gasteiger partial charge in [-0.05, 0) is 73.7 Å². The van der Waals surface area contributed by atoms with Gasteiger partial charge in [0.05, 0.1) is 18.1 Å². The number of fused-ring (bicyclic) bond motifs is 3. The number of rotatable bonds is 4. The third kappa shape index (κ3) is 3.78. The predicted octanol–water partition coefficient (Wildman–Crippen LogP) is 5.41. The number of ether oxygens (including phenoxy) is 2. The Morgan fingerprint density at radius 3 is 2.66 bits per heavy atom. The zero-order valence-electron chi connectivity index (χ0n) is 17.2. The van der Waals surface area contributed by atoms with Crippen molar-refractivity contribution >= 4 is 39.1 Å². The molecule has 6 nitrogen and oxygen atoms in total. The molecule has 2 aromatic carbocycles. The van der Waals surface area contributed by atoms with Crippen LogP contribution >= 0.6 is 22.9 Å². The van der Waals surface area contributed by atoms with Crippen LogP contribution in [-0.2, 0) is 12.8 Å². The Kier molecular flexibility index (Phi) is 5.45. The molecule has 5 rings (SSSR count). The lowest BCUT2D eigenvalue weighted by molar-refractivity contribution is 0.0730. The molecule has 1 aliphatic rings. The molecule has 2 heterocycles. The van der Waals surface area contributed by atoms with E-state index < -0.39 is 5.97 Å². The van der Waals surface area contributed by atoms with Crippen molar-refractivity contribution in [3.8, 4) is 22.9 Å². The van der Waals surface area contributed by atoms with E-state index in [-0.39, 0.29) is 11.3 Å². The average molecular weight is 467 g/mol. The van der Waals surface area contributed by atoms with E-state index in [2.05, 4.69) is 4.98 Å². The molecule has 0 aliphatic heterocycles. The molecule has 162 valence electrons. The van der Waals surface area contributed by atoms with Crippen LogP contribution in [0.25, 0.3) is 21.6 Å². The van der Waals surface area contributed by atoms with E-state index in [0.29, 0.717) is 33.1 Å². The molecule has 0 saturated heterocycles. The number of methoxy groups -OCH3 is 1. The van der Waals surface area contributed by atoms with Crippen LogP contribution in [0.3, 0.4) is 0 Å². The number of hydrogen-bond acceptors (Lipinski definition) is 6. The van der Waals surface area contributed by atoms with E-state index in [1.807, 2.05) is 0 Å². The molecule has 0 spiro atoms. The number of aromatic nitrogens is 2. The van der Waals surface area contributed by atoms with Crippen LogP contribution in [0, 0.1) is 0 Å². The number of carbonyl (C=O) groups excluding carboxylic acids is 1. The van der Waals surface area contributed by atoms with Gasteiger partial charge < -0.3 is 14.5 Å². The molecule has 1 aliphatic carbocycles. The van der Waals surface area contributed by atoms with Crippen molar-refractivity contribution in [3.05, 3.63) is 73.8 Å². The summed E-state index contributed by atoms with van der Waals surface area (Å²) in [4.78, 5) is 35.0. The van der Waals surface area contributed by atoms with Gasteiger partial charge >= 0.3 is 5.97 Å². The van der Waals surface area contributed by atoms with Crippen molar-refractivity contribution in [3.63, 3.8) is 0 Å². The van der Waals surface area contributed by atoms with Crippen molar-refractivity contribution < 1.29 is 14.3 Å². The summed E-state index contributed by atoms with van der Waals surface area (Å²) < 4.78 is 10.9. The molecule has 0 bridgehead atoms. The van der Waals surface area contributed by atoms with Gasteiger partial charge in [-0.3, -0.25) is 4.79 Å². The van der Waals surface area contributed by atoms with Crippen LogP contribution in [0.4, 0.5) is 0 Å². The highest BCUT2D eigenvalue weighted by molar-refractivity contribution is 7.18. The Bertz CT molecular complexity index is 1390. The summed E-state index contributed by atoms with van der Waals surface area (Å²) in [6.45, 7) is 0. The molecule has 0 amide bonds. The first-order valence-corrected chi connectivity index (χ1v) is 11.4. The monoisotopic (exact) mass is 466 g/mol. The maximum Gasteiger partial charge on any atom is 0.343 e. The number of esters is 1. The second-order valence-corrected chi connectivity index (χ2v) is 9.09. The molecule has 4 aromatic rings. The van der Waals surface area contributed by atoms with Gasteiger partial charge in [0.25, 0.3) is 5.56 Å². The number of H-pyrrole nitrogens is 1. The van der Waals surface area contributed by atoms with E-state index >= 15 is 0 Å². The van der Waals surface area contributed by atoms with Gasteiger partial charge in [0, 0.05) is 15.5 Å². The number of nitrogens with zero attached hydrogens (tertiary/aromatic N) is 1. The van der Waals surface area contributed by atoms with Crippen LogP contribution in [0.15, 0.2) is 47.3 Å². The fourth-order valence-corrected chi connectivity index (χ4v) is 5.33. The van der Waals surface area contributed by atoms with Crippen LogP contribution in [0.2, 0.25) is 5.02 Å². The Hall–Kier alpha value is -3.16. The SMILES string of the molecule is COc1cc(-c2nc3sc4c(c3c(=O)[nH]2)CCCC4)ccc1OC(=O)c1ccc(Cl)cc1. The standard InChI is InChI=1S/C24H19ClN2O4S/c1-30-18-12-14(8-11-17(18)31-24(29)13-6-9-15(25)10-7-13)21-26-22(28)20-16-4-2-3-5-19(16)32-23(20)27-21/h6-12H,2-5H2,1H3,(H,26,27,28). The molecular formula is C24H19ClN2O4S. The quantitative estimate of drug-likeness (QED) is 0.321. The molecule has 2 aromatic heterocycles. The van der Waals surface area contributed by atoms with Crippen LogP contribution < -0.4 is 15.0 Å². The first kappa shape index (κ1) is 20.7. The third-order valence-electron chi connectivity index (χ3n) is 5.54. The maximum absolute atomic E-state index is 12.9. The van der Waals surface area contributed by atoms with Crippen LogP contribution in [0.5, 0.6) is 11.5 Å². The molecule has 8 heteroatoms. The Labute approximate surface area is 192 Å². The lowest BCUT2D eigenvalue weighted by Gasteiger charge is -2.11. The molecule has 0 radical (unpaired) electrons. The molecule has 1 N–H and O–H groups in total. The summed E-state index contributed by atoms with van der Waals surface area (Å²) in [5, 5.41) is 1.25. The largest absolute Gasteiger partial charge is 0.493 e. The summed E-state index contributed by atoms with van der Waals surface area (Å²) in [6, 6.07) is 11.5. The Morgan fingerprint density at radius 1 is 1.09 bits per heavy atom. The highest BCUT2D eigenvalue weighted by Crippen LogP contribution is 2.36. The van der Waals surface area contributed by atoms with Crippen molar-refractivity contribution in [2.75, 3.05) is 7.11 Å². The van der Waals surface area contributed by atoms with Crippen molar-refractivity contribution in [1.82, 2.24) is 9.97 Å². The number of carbonyl (C=O) groups is 1. The number of aryl methyl sites for hydroxylation is 2. The summed E-state index contributed by atoms with van der Waals surface area (Å²) in [5.74, 6) is 0.559. The van der Waals surface area contributed by atoms with Gasteiger partial charge in [-0.15, -0.1) is 11.3 Å². The maximum atomic E-state index is 12.9. The predicted molar refractivity (Wildman–Crippen MR) is 125 cm³/mol. The summed E-state index contributed by atoms with van der Waals surface area (Å²) in [7, 11) is 1.49. The van der Waals surface area contributed by atoms with Crippen LogP contribution in [-0.4, -0.2) is 23.0 Å². The number of thiophene rings is 1. The van der Waals surface area contributed by atoms with Crippen molar-refractivity contribution in [1.29, 1.82) is 0 Å².